The van der Waals surface area contributed by atoms with Crippen LogP contribution in [0.4, 0.5) is 8.78 Å². The molecule has 0 spiro atoms. The van der Waals surface area contributed by atoms with Gasteiger partial charge in [0.05, 0.1) is 13.2 Å². The second kappa shape index (κ2) is 8.72. The summed E-state index contributed by atoms with van der Waals surface area (Å²) in [6.45, 7) is 3.37. The van der Waals surface area contributed by atoms with E-state index in [0.29, 0.717) is 6.42 Å². The summed E-state index contributed by atoms with van der Waals surface area (Å²) in [6, 6.07) is 9.04. The van der Waals surface area contributed by atoms with Crippen molar-refractivity contribution < 1.29 is 23.0 Å². The highest BCUT2D eigenvalue weighted by atomic mass is 19.3. The van der Waals surface area contributed by atoms with Crippen molar-refractivity contribution >= 4 is 5.97 Å². The molecule has 0 aliphatic rings. The normalized spacial score (nSPS) is 13.0. The number of unbranched alkanes of at least 4 members (excludes halogenated alkanes) is 1. The third kappa shape index (κ3) is 5.42. The van der Waals surface area contributed by atoms with Crippen molar-refractivity contribution in [2.45, 2.75) is 51.7 Å². The summed E-state index contributed by atoms with van der Waals surface area (Å²) < 4.78 is 38.0. The second-order valence-corrected chi connectivity index (χ2v) is 4.77. The molecule has 1 atom stereocenters. The highest BCUT2D eigenvalue weighted by molar-refractivity contribution is 5.78. The molecule has 0 heterocycles. The van der Waals surface area contributed by atoms with Crippen LogP contribution in [0.2, 0.25) is 0 Å². The lowest BCUT2D eigenvalue weighted by Gasteiger charge is -2.25. The van der Waals surface area contributed by atoms with E-state index in [9.17, 15) is 13.6 Å². The van der Waals surface area contributed by atoms with Gasteiger partial charge in [0.1, 0.15) is 6.10 Å². The quantitative estimate of drug-likeness (QED) is 0.648. The Hall–Kier alpha value is -1.49. The van der Waals surface area contributed by atoms with Crippen molar-refractivity contribution in [1.82, 2.24) is 0 Å². The molecule has 5 heteroatoms. The zero-order valence-corrected chi connectivity index (χ0v) is 12.5. The van der Waals surface area contributed by atoms with E-state index in [2.05, 4.69) is 4.74 Å². The van der Waals surface area contributed by atoms with E-state index < -0.39 is 18.0 Å². The average molecular weight is 300 g/mol. The molecule has 0 saturated heterocycles. The Morgan fingerprint density at radius 3 is 2.48 bits per heavy atom. The number of halogens is 2. The molecule has 1 aromatic carbocycles. The van der Waals surface area contributed by atoms with Crippen molar-refractivity contribution in [2.24, 2.45) is 0 Å². The molecule has 1 aromatic rings. The van der Waals surface area contributed by atoms with Gasteiger partial charge < -0.3 is 9.47 Å². The number of alkyl halides is 2. The number of benzene rings is 1. The van der Waals surface area contributed by atoms with Crippen LogP contribution in [-0.4, -0.2) is 24.6 Å². The summed E-state index contributed by atoms with van der Waals surface area (Å²) in [5.41, 5.74) is 0.790. The van der Waals surface area contributed by atoms with Crippen molar-refractivity contribution in [2.75, 3.05) is 6.61 Å². The maximum Gasteiger partial charge on any atom is 0.379 e. The fraction of sp³-hybridized carbons (Fsp3) is 0.562. The average Bonchev–Trinajstić information content (AvgIpc) is 2.48. The van der Waals surface area contributed by atoms with Crippen molar-refractivity contribution in [3.8, 4) is 0 Å². The molecule has 0 bridgehead atoms. The van der Waals surface area contributed by atoms with Crippen LogP contribution in [0, 0.1) is 0 Å². The summed E-state index contributed by atoms with van der Waals surface area (Å²) in [5.74, 6) is -5.14. The first-order chi connectivity index (χ1) is 10.0. The van der Waals surface area contributed by atoms with E-state index in [-0.39, 0.29) is 19.6 Å². The first-order valence-electron chi connectivity index (χ1n) is 7.22. The standard InChI is InChI=1S/C16H22F2O3/c1-3-5-11-14(16(17,18)15(19)20-4-2)21-12-13-9-7-6-8-10-13/h6-10,14H,3-5,11-12H2,1-2H3. The predicted molar refractivity (Wildman–Crippen MR) is 76.1 cm³/mol. The number of rotatable bonds is 9. The number of esters is 1. The molecule has 21 heavy (non-hydrogen) atoms. The summed E-state index contributed by atoms with van der Waals surface area (Å²) in [7, 11) is 0. The topological polar surface area (TPSA) is 35.5 Å². The summed E-state index contributed by atoms with van der Waals surface area (Å²) in [6.07, 6.45) is -0.0232. The zero-order chi connectivity index (χ0) is 15.7. The molecule has 0 aromatic heterocycles. The number of carbonyl (C=O) groups is 1. The molecule has 0 radical (unpaired) electrons. The van der Waals surface area contributed by atoms with Gasteiger partial charge in [-0.25, -0.2) is 4.79 Å². The van der Waals surface area contributed by atoms with Crippen LogP contribution in [0.5, 0.6) is 0 Å². The Morgan fingerprint density at radius 1 is 1.24 bits per heavy atom. The lowest BCUT2D eigenvalue weighted by Crippen LogP contribution is -2.44. The van der Waals surface area contributed by atoms with Crippen LogP contribution in [0.1, 0.15) is 38.7 Å². The van der Waals surface area contributed by atoms with Gasteiger partial charge in [-0.1, -0.05) is 50.1 Å². The fourth-order valence-corrected chi connectivity index (χ4v) is 1.89. The second-order valence-electron chi connectivity index (χ2n) is 4.77. The first kappa shape index (κ1) is 17.6. The van der Waals surface area contributed by atoms with Gasteiger partial charge in [0.15, 0.2) is 0 Å². The SMILES string of the molecule is CCCCC(OCc1ccccc1)C(F)(F)C(=O)OCC. The fourth-order valence-electron chi connectivity index (χ4n) is 1.89. The van der Waals surface area contributed by atoms with Crippen molar-refractivity contribution in [1.29, 1.82) is 0 Å². The Kier molecular flexibility index (Phi) is 7.29. The van der Waals surface area contributed by atoms with Crippen LogP contribution in [0.3, 0.4) is 0 Å². The molecular weight excluding hydrogens is 278 g/mol. The van der Waals surface area contributed by atoms with Gasteiger partial charge in [-0.2, -0.15) is 8.78 Å². The van der Waals surface area contributed by atoms with Gasteiger partial charge in [-0.3, -0.25) is 0 Å². The van der Waals surface area contributed by atoms with Gasteiger partial charge >= 0.3 is 11.9 Å². The number of hydrogen-bond acceptors (Lipinski definition) is 3. The third-order valence-corrected chi connectivity index (χ3v) is 3.07. The van der Waals surface area contributed by atoms with E-state index in [4.69, 9.17) is 4.74 Å². The van der Waals surface area contributed by atoms with E-state index in [1.807, 2.05) is 25.1 Å². The predicted octanol–water partition coefficient (Wildman–Crippen LogP) is 3.96. The summed E-state index contributed by atoms with van der Waals surface area (Å²) in [4.78, 5) is 11.4. The number of ether oxygens (including phenoxy) is 2. The minimum absolute atomic E-state index is 0.0458. The Morgan fingerprint density at radius 2 is 1.90 bits per heavy atom. The molecule has 0 aliphatic heterocycles. The van der Waals surface area contributed by atoms with E-state index >= 15 is 0 Å². The minimum atomic E-state index is -3.63. The molecule has 0 fully saturated rings. The molecule has 118 valence electrons. The van der Waals surface area contributed by atoms with Gasteiger partial charge in [0, 0.05) is 0 Å². The van der Waals surface area contributed by atoms with Gasteiger partial charge in [0.2, 0.25) is 0 Å². The molecule has 0 amide bonds. The molecule has 0 saturated carbocycles. The molecule has 0 N–H and O–H groups in total. The largest absolute Gasteiger partial charge is 0.461 e. The summed E-state index contributed by atoms with van der Waals surface area (Å²) >= 11 is 0. The van der Waals surface area contributed by atoms with Crippen LogP contribution in [0.25, 0.3) is 0 Å². The van der Waals surface area contributed by atoms with Crippen LogP contribution >= 0.6 is 0 Å². The van der Waals surface area contributed by atoms with E-state index in [1.54, 1.807) is 12.1 Å². The molecule has 1 unspecified atom stereocenters. The molecule has 0 aliphatic carbocycles. The van der Waals surface area contributed by atoms with E-state index in [1.165, 1.54) is 6.92 Å². The minimum Gasteiger partial charge on any atom is -0.461 e. The maximum atomic E-state index is 14.1. The van der Waals surface area contributed by atoms with Crippen LogP contribution < -0.4 is 0 Å². The Balaban J connectivity index is 2.72. The lowest BCUT2D eigenvalue weighted by atomic mass is 10.1. The van der Waals surface area contributed by atoms with Crippen LogP contribution in [-0.2, 0) is 20.9 Å². The van der Waals surface area contributed by atoms with Gasteiger partial charge in [0.25, 0.3) is 0 Å². The summed E-state index contributed by atoms with van der Waals surface area (Å²) in [5, 5.41) is 0. The highest BCUT2D eigenvalue weighted by Crippen LogP contribution is 2.28. The number of carbonyl (C=O) groups excluding carboxylic acids is 1. The molecule has 1 rings (SSSR count). The monoisotopic (exact) mass is 300 g/mol. The van der Waals surface area contributed by atoms with Gasteiger partial charge in [-0.15, -0.1) is 0 Å². The maximum absolute atomic E-state index is 14.1. The molecule has 3 nitrogen and oxygen atoms in total. The third-order valence-electron chi connectivity index (χ3n) is 3.07. The van der Waals surface area contributed by atoms with Crippen molar-refractivity contribution in [3.05, 3.63) is 35.9 Å². The first-order valence-corrected chi connectivity index (χ1v) is 7.22. The van der Waals surface area contributed by atoms with Crippen molar-refractivity contribution in [3.63, 3.8) is 0 Å². The lowest BCUT2D eigenvalue weighted by molar-refractivity contribution is -0.197. The zero-order valence-electron chi connectivity index (χ0n) is 12.5. The number of hydrogen-bond donors (Lipinski definition) is 0. The smallest absolute Gasteiger partial charge is 0.379 e. The Bertz CT molecular complexity index is 421. The Labute approximate surface area is 124 Å². The van der Waals surface area contributed by atoms with E-state index in [0.717, 1.165) is 12.0 Å². The van der Waals surface area contributed by atoms with Crippen LogP contribution in [0.15, 0.2) is 30.3 Å². The highest BCUT2D eigenvalue weighted by Gasteiger charge is 2.49. The molecular formula is C16H22F2O3. The van der Waals surface area contributed by atoms with Gasteiger partial charge in [-0.05, 0) is 18.9 Å².